The molecule has 0 atom stereocenters. The fourth-order valence-corrected chi connectivity index (χ4v) is 4.63. The van der Waals surface area contributed by atoms with Gasteiger partial charge in [0.15, 0.2) is 11.5 Å². The first-order chi connectivity index (χ1) is 17.2. The van der Waals surface area contributed by atoms with Gasteiger partial charge in [0.1, 0.15) is 17.3 Å². The van der Waals surface area contributed by atoms with Gasteiger partial charge in [0.2, 0.25) is 0 Å². The zero-order valence-corrected chi connectivity index (χ0v) is 20.8. The number of methoxy groups -OCH3 is 2. The number of hydrogen-bond donors (Lipinski definition) is 1. The number of ether oxygens (including phenoxy) is 3. The van der Waals surface area contributed by atoms with Crippen molar-refractivity contribution in [3.05, 3.63) is 80.6 Å². The number of fused-ring (bicyclic) bond motifs is 1. The molecule has 0 aromatic heterocycles. The van der Waals surface area contributed by atoms with E-state index in [4.69, 9.17) is 32.7 Å². The number of carbonyl (C=O) groups excluding carboxylic acids is 3. The number of rotatable bonds is 6. The van der Waals surface area contributed by atoms with E-state index in [2.05, 4.69) is 10.1 Å². The van der Waals surface area contributed by atoms with Crippen molar-refractivity contribution >= 4 is 46.5 Å². The Bertz CT molecular complexity index is 1370. The molecule has 0 saturated carbocycles. The highest BCUT2D eigenvalue weighted by Crippen LogP contribution is 2.42. The van der Waals surface area contributed by atoms with Gasteiger partial charge in [-0.3, -0.25) is 9.59 Å². The lowest BCUT2D eigenvalue weighted by Gasteiger charge is -2.16. The quantitative estimate of drug-likeness (QED) is 0.247. The van der Waals surface area contributed by atoms with Gasteiger partial charge in [0, 0.05) is 22.9 Å². The Morgan fingerprint density at radius 3 is 2.31 bits per heavy atom. The minimum absolute atomic E-state index is 0.0985. The van der Waals surface area contributed by atoms with Crippen LogP contribution in [0.15, 0.2) is 42.5 Å². The molecule has 1 N–H and O–H groups in total. The highest BCUT2D eigenvalue weighted by atomic mass is 35.5. The summed E-state index contributed by atoms with van der Waals surface area (Å²) in [6.07, 6.45) is 2.13. The number of hydrogen-bond acceptors (Lipinski definition) is 6. The summed E-state index contributed by atoms with van der Waals surface area (Å²) >= 11 is 12.7. The fraction of sp³-hybridized carbons (Fsp3) is 0.192. The van der Waals surface area contributed by atoms with Crippen molar-refractivity contribution in [1.82, 2.24) is 0 Å². The standard InChI is InChI=1S/C26H20Cl2FNO6/c1-34-16-9-13(8-14(29)10-16)23(31)19-6-7-22(18-5-3-4-17(18)19)36-24-20(27)11-15(12-21(24)28)30-25(32)26(33)35-2/h6-12H,3-5H2,1-2H3,(H,30,32). The van der Waals surface area contributed by atoms with Crippen molar-refractivity contribution in [1.29, 1.82) is 0 Å². The van der Waals surface area contributed by atoms with Crippen molar-refractivity contribution in [2.45, 2.75) is 19.3 Å². The van der Waals surface area contributed by atoms with Gasteiger partial charge >= 0.3 is 11.9 Å². The van der Waals surface area contributed by atoms with Crippen LogP contribution >= 0.6 is 23.2 Å². The number of halogens is 3. The summed E-state index contributed by atoms with van der Waals surface area (Å²) in [4.78, 5) is 36.3. The summed E-state index contributed by atoms with van der Waals surface area (Å²) in [5.74, 6) is -2.05. The summed E-state index contributed by atoms with van der Waals surface area (Å²) in [6, 6.07) is 9.93. The van der Waals surface area contributed by atoms with E-state index in [1.807, 2.05) is 0 Å². The third-order valence-corrected chi connectivity index (χ3v) is 6.26. The zero-order chi connectivity index (χ0) is 26.0. The minimum atomic E-state index is -1.07. The first-order valence-electron chi connectivity index (χ1n) is 10.8. The molecule has 0 saturated heterocycles. The molecule has 186 valence electrons. The molecule has 1 aliphatic carbocycles. The Morgan fingerprint density at radius 2 is 1.64 bits per heavy atom. The molecule has 1 aliphatic rings. The van der Waals surface area contributed by atoms with Crippen LogP contribution < -0.4 is 14.8 Å². The molecule has 7 nitrogen and oxygen atoms in total. The van der Waals surface area contributed by atoms with E-state index in [0.29, 0.717) is 24.2 Å². The number of amides is 1. The lowest BCUT2D eigenvalue weighted by molar-refractivity contribution is -0.150. The number of anilines is 1. The summed E-state index contributed by atoms with van der Waals surface area (Å²) in [7, 11) is 2.49. The van der Waals surface area contributed by atoms with Crippen molar-refractivity contribution in [3.63, 3.8) is 0 Å². The maximum absolute atomic E-state index is 14.0. The van der Waals surface area contributed by atoms with Gasteiger partial charge in [0.25, 0.3) is 0 Å². The van der Waals surface area contributed by atoms with Crippen LogP contribution in [0.2, 0.25) is 10.0 Å². The smallest absolute Gasteiger partial charge is 0.396 e. The van der Waals surface area contributed by atoms with Gasteiger partial charge in [-0.25, -0.2) is 9.18 Å². The molecular weight excluding hydrogens is 512 g/mol. The van der Waals surface area contributed by atoms with Crippen LogP contribution in [0.25, 0.3) is 0 Å². The Balaban J connectivity index is 1.64. The van der Waals surface area contributed by atoms with E-state index in [1.165, 1.54) is 37.4 Å². The zero-order valence-electron chi connectivity index (χ0n) is 19.2. The number of esters is 1. The largest absolute Gasteiger partial charge is 0.497 e. The van der Waals surface area contributed by atoms with Crippen molar-refractivity contribution in [2.75, 3.05) is 19.5 Å². The molecule has 10 heteroatoms. The van der Waals surface area contributed by atoms with Crippen LogP contribution in [0.5, 0.6) is 17.2 Å². The monoisotopic (exact) mass is 531 g/mol. The second-order valence-electron chi connectivity index (χ2n) is 7.95. The third-order valence-electron chi connectivity index (χ3n) is 5.69. The highest BCUT2D eigenvalue weighted by Gasteiger charge is 2.25. The Labute approximate surface area is 216 Å². The highest BCUT2D eigenvalue weighted by molar-refractivity contribution is 6.39. The molecule has 1 amide bonds. The lowest BCUT2D eigenvalue weighted by Crippen LogP contribution is -2.23. The van der Waals surface area contributed by atoms with Gasteiger partial charge in [0.05, 0.1) is 24.3 Å². The average molecular weight is 532 g/mol. The second-order valence-corrected chi connectivity index (χ2v) is 8.76. The third kappa shape index (κ3) is 5.15. The maximum atomic E-state index is 14.0. The van der Waals surface area contributed by atoms with E-state index in [0.717, 1.165) is 24.7 Å². The molecule has 0 bridgehead atoms. The van der Waals surface area contributed by atoms with E-state index in [9.17, 15) is 18.8 Å². The summed E-state index contributed by atoms with van der Waals surface area (Å²) in [6.45, 7) is 0. The first-order valence-corrected chi connectivity index (χ1v) is 11.6. The first kappa shape index (κ1) is 25.5. The van der Waals surface area contributed by atoms with Crippen LogP contribution in [0, 0.1) is 5.82 Å². The maximum Gasteiger partial charge on any atom is 0.396 e. The Kier molecular flexibility index (Phi) is 7.47. The number of ketones is 1. The van der Waals surface area contributed by atoms with Crippen molar-refractivity contribution in [2.24, 2.45) is 0 Å². The predicted molar refractivity (Wildman–Crippen MR) is 132 cm³/mol. The van der Waals surface area contributed by atoms with Crippen LogP contribution in [-0.2, 0) is 27.2 Å². The number of nitrogens with one attached hydrogen (secondary N) is 1. The topological polar surface area (TPSA) is 90.9 Å². The van der Waals surface area contributed by atoms with E-state index in [1.54, 1.807) is 12.1 Å². The average Bonchev–Trinajstić information content (AvgIpc) is 3.35. The molecule has 0 spiro atoms. The predicted octanol–water partition coefficient (Wildman–Crippen LogP) is 5.76. The Hall–Kier alpha value is -3.62. The number of carbonyl (C=O) groups is 3. The van der Waals surface area contributed by atoms with Crippen LogP contribution in [0.1, 0.15) is 33.5 Å². The molecule has 0 radical (unpaired) electrons. The van der Waals surface area contributed by atoms with Gasteiger partial charge in [-0.15, -0.1) is 0 Å². The summed E-state index contributed by atoms with van der Waals surface area (Å²) in [5, 5.41) is 2.54. The van der Waals surface area contributed by atoms with Crippen LogP contribution in [0.4, 0.5) is 10.1 Å². The molecule has 0 fully saturated rings. The van der Waals surface area contributed by atoms with Crippen LogP contribution in [0.3, 0.4) is 0 Å². The number of benzene rings is 3. The SMILES string of the molecule is COC(=O)C(=O)Nc1cc(Cl)c(Oc2ccc(C(=O)c3cc(F)cc(OC)c3)c3c2CCC3)c(Cl)c1. The summed E-state index contributed by atoms with van der Waals surface area (Å²) in [5.41, 5.74) is 2.48. The molecule has 0 aliphatic heterocycles. The van der Waals surface area contributed by atoms with Gasteiger partial charge in [-0.2, -0.15) is 0 Å². The molecule has 3 aromatic rings. The van der Waals surface area contributed by atoms with Crippen LogP contribution in [-0.4, -0.2) is 31.9 Å². The molecule has 0 heterocycles. The Morgan fingerprint density at radius 1 is 0.944 bits per heavy atom. The second kappa shape index (κ2) is 10.6. The van der Waals surface area contributed by atoms with E-state index >= 15 is 0 Å². The van der Waals surface area contributed by atoms with Gasteiger partial charge < -0.3 is 19.5 Å². The molecule has 3 aromatic carbocycles. The molecule has 36 heavy (non-hydrogen) atoms. The molecule has 0 unspecified atom stereocenters. The lowest BCUT2D eigenvalue weighted by atomic mass is 9.95. The molecular formula is C26H20Cl2FNO6. The molecule has 4 rings (SSSR count). The van der Waals surface area contributed by atoms with Crippen molar-refractivity contribution < 1.29 is 33.0 Å². The minimum Gasteiger partial charge on any atom is -0.497 e. The normalized spacial score (nSPS) is 12.0. The van der Waals surface area contributed by atoms with Crippen molar-refractivity contribution in [3.8, 4) is 17.2 Å². The van der Waals surface area contributed by atoms with Gasteiger partial charge in [-0.1, -0.05) is 23.2 Å². The fourth-order valence-electron chi connectivity index (χ4n) is 4.06. The summed E-state index contributed by atoms with van der Waals surface area (Å²) < 4.78 is 29.5. The van der Waals surface area contributed by atoms with E-state index < -0.39 is 17.7 Å². The van der Waals surface area contributed by atoms with Gasteiger partial charge in [-0.05, 0) is 66.8 Å². The van der Waals surface area contributed by atoms with E-state index in [-0.39, 0.29) is 38.6 Å².